The summed E-state index contributed by atoms with van der Waals surface area (Å²) < 4.78 is 48.9. The summed E-state index contributed by atoms with van der Waals surface area (Å²) in [6.45, 7) is 1.89. The normalized spacial score (nSPS) is 19.1. The summed E-state index contributed by atoms with van der Waals surface area (Å²) in [5.74, 6) is 0. The van der Waals surface area contributed by atoms with Crippen molar-refractivity contribution in [2.75, 3.05) is 0 Å². The average Bonchev–Trinajstić information content (AvgIpc) is 2.02. The number of rotatable bonds is 5. The fraction of sp³-hybridized carbons (Fsp3) is 1.00. The Morgan fingerprint density at radius 1 is 1.14 bits per heavy atom. The van der Waals surface area contributed by atoms with Gasteiger partial charge in [0.25, 0.3) is 5.13 Å². The first-order valence-electron chi connectivity index (χ1n) is 4.32. The Morgan fingerprint density at radius 2 is 1.64 bits per heavy atom. The minimum absolute atomic E-state index is 0.0745. The zero-order valence-corrected chi connectivity index (χ0v) is 9.19. The molecule has 6 heteroatoms. The SMILES string of the molecule is CCCCCC(Cl)C(F)(Cl)C(F)(F)F. The predicted molar refractivity (Wildman–Crippen MR) is 49.5 cm³/mol. The molecule has 0 aromatic rings. The first-order valence-corrected chi connectivity index (χ1v) is 5.13. The van der Waals surface area contributed by atoms with E-state index in [0.29, 0.717) is 12.8 Å². The lowest BCUT2D eigenvalue weighted by Gasteiger charge is -2.25. The first kappa shape index (κ1) is 14.3. The van der Waals surface area contributed by atoms with E-state index >= 15 is 0 Å². The van der Waals surface area contributed by atoms with Crippen LogP contribution in [0, 0.1) is 0 Å². The molecule has 0 saturated carbocycles. The van der Waals surface area contributed by atoms with Gasteiger partial charge in [-0.25, -0.2) is 4.39 Å². The molecule has 0 fully saturated rings. The van der Waals surface area contributed by atoms with Crippen molar-refractivity contribution in [1.82, 2.24) is 0 Å². The highest BCUT2D eigenvalue weighted by Crippen LogP contribution is 2.43. The molecule has 0 aliphatic rings. The van der Waals surface area contributed by atoms with Crippen LogP contribution in [0.3, 0.4) is 0 Å². The highest BCUT2D eigenvalue weighted by Gasteiger charge is 2.59. The second-order valence-corrected chi connectivity index (χ2v) is 4.16. The van der Waals surface area contributed by atoms with Gasteiger partial charge in [0.15, 0.2) is 0 Å². The molecular formula is C8H12Cl2F4. The van der Waals surface area contributed by atoms with Gasteiger partial charge in [0.05, 0.1) is 5.38 Å². The largest absolute Gasteiger partial charge is 0.438 e. The lowest BCUT2D eigenvalue weighted by Crippen LogP contribution is -2.43. The maximum atomic E-state index is 12.9. The van der Waals surface area contributed by atoms with Gasteiger partial charge in [0.1, 0.15) is 0 Å². The zero-order valence-electron chi connectivity index (χ0n) is 7.67. The van der Waals surface area contributed by atoms with Crippen molar-refractivity contribution in [2.24, 2.45) is 0 Å². The highest BCUT2D eigenvalue weighted by molar-refractivity contribution is 6.32. The third-order valence-corrected chi connectivity index (χ3v) is 2.94. The molecule has 0 spiro atoms. The standard InChI is InChI=1S/C8H12Cl2F4/c1-2-3-4-5-6(9)7(10,11)8(12,13)14/h6H,2-5H2,1H3. The molecule has 0 aliphatic carbocycles. The summed E-state index contributed by atoms with van der Waals surface area (Å²) in [6.07, 6.45) is -3.20. The number of unbranched alkanes of at least 4 members (excludes halogenated alkanes) is 2. The molecule has 14 heavy (non-hydrogen) atoms. The van der Waals surface area contributed by atoms with Crippen LogP contribution >= 0.6 is 23.2 Å². The molecule has 0 saturated heterocycles. The van der Waals surface area contributed by atoms with Crippen molar-refractivity contribution < 1.29 is 17.6 Å². The van der Waals surface area contributed by atoms with Crippen molar-refractivity contribution in [3.8, 4) is 0 Å². The van der Waals surface area contributed by atoms with E-state index in [1.807, 2.05) is 6.92 Å². The highest BCUT2D eigenvalue weighted by atomic mass is 35.5. The van der Waals surface area contributed by atoms with E-state index in [1.54, 1.807) is 0 Å². The van der Waals surface area contributed by atoms with Gasteiger partial charge in [-0.1, -0.05) is 37.8 Å². The van der Waals surface area contributed by atoms with Gasteiger partial charge >= 0.3 is 6.18 Å². The molecule has 0 amide bonds. The van der Waals surface area contributed by atoms with Crippen LogP contribution in [0.1, 0.15) is 32.6 Å². The van der Waals surface area contributed by atoms with E-state index in [1.165, 1.54) is 0 Å². The van der Waals surface area contributed by atoms with Gasteiger partial charge in [-0.15, -0.1) is 11.6 Å². The topological polar surface area (TPSA) is 0 Å². The monoisotopic (exact) mass is 254 g/mol. The molecule has 0 rings (SSSR count). The molecule has 0 nitrogen and oxygen atoms in total. The summed E-state index contributed by atoms with van der Waals surface area (Å²) in [7, 11) is 0. The second-order valence-electron chi connectivity index (χ2n) is 3.08. The van der Waals surface area contributed by atoms with Crippen molar-refractivity contribution in [2.45, 2.75) is 49.3 Å². The van der Waals surface area contributed by atoms with E-state index in [9.17, 15) is 17.6 Å². The Balaban J connectivity index is 4.15. The third kappa shape index (κ3) is 3.81. The molecular weight excluding hydrogens is 243 g/mol. The van der Waals surface area contributed by atoms with Crippen molar-refractivity contribution in [3.63, 3.8) is 0 Å². The van der Waals surface area contributed by atoms with Crippen LogP contribution in [0.2, 0.25) is 0 Å². The van der Waals surface area contributed by atoms with Gasteiger partial charge in [-0.05, 0) is 6.42 Å². The van der Waals surface area contributed by atoms with Gasteiger partial charge in [0.2, 0.25) is 0 Å². The number of alkyl halides is 6. The lowest BCUT2D eigenvalue weighted by molar-refractivity contribution is -0.198. The smallest absolute Gasteiger partial charge is 0.214 e. The fourth-order valence-corrected chi connectivity index (χ4v) is 1.32. The average molecular weight is 255 g/mol. The summed E-state index contributed by atoms with van der Waals surface area (Å²) in [5, 5.41) is -5.54. The van der Waals surface area contributed by atoms with Crippen molar-refractivity contribution >= 4 is 23.2 Å². The Bertz CT molecular complexity index is 167. The molecule has 2 unspecified atom stereocenters. The van der Waals surface area contributed by atoms with E-state index in [-0.39, 0.29) is 6.42 Å². The van der Waals surface area contributed by atoms with E-state index in [0.717, 1.165) is 6.42 Å². The van der Waals surface area contributed by atoms with Crippen LogP contribution in [-0.2, 0) is 0 Å². The molecule has 0 heterocycles. The maximum absolute atomic E-state index is 12.9. The van der Waals surface area contributed by atoms with Crippen LogP contribution in [0.5, 0.6) is 0 Å². The molecule has 2 atom stereocenters. The van der Waals surface area contributed by atoms with Crippen molar-refractivity contribution in [3.05, 3.63) is 0 Å². The zero-order chi connectivity index (χ0) is 11.4. The van der Waals surface area contributed by atoms with Gasteiger partial charge < -0.3 is 0 Å². The molecule has 0 aromatic carbocycles. The fourth-order valence-electron chi connectivity index (χ4n) is 0.932. The van der Waals surface area contributed by atoms with Crippen LogP contribution in [0.25, 0.3) is 0 Å². The molecule has 0 aromatic heterocycles. The quantitative estimate of drug-likeness (QED) is 0.381. The summed E-state index contributed by atoms with van der Waals surface area (Å²) in [5.41, 5.74) is 0. The Hall–Kier alpha value is 0.300. The third-order valence-electron chi connectivity index (χ3n) is 1.83. The maximum Gasteiger partial charge on any atom is 0.438 e. The van der Waals surface area contributed by atoms with Gasteiger partial charge in [0, 0.05) is 0 Å². The molecule has 0 bridgehead atoms. The first-order chi connectivity index (χ1) is 6.23. The minimum atomic E-state index is -5.12. The van der Waals surface area contributed by atoms with Crippen LogP contribution in [0.15, 0.2) is 0 Å². The summed E-state index contributed by atoms with van der Waals surface area (Å²) in [4.78, 5) is 0. The van der Waals surface area contributed by atoms with Crippen molar-refractivity contribution in [1.29, 1.82) is 0 Å². The summed E-state index contributed by atoms with van der Waals surface area (Å²) in [6, 6.07) is 0. The number of hydrogen-bond donors (Lipinski definition) is 0. The Labute approximate surface area is 90.6 Å². The van der Waals surface area contributed by atoms with Gasteiger partial charge in [-0.3, -0.25) is 0 Å². The Morgan fingerprint density at radius 3 is 2.00 bits per heavy atom. The number of halogens is 6. The molecule has 86 valence electrons. The number of hydrogen-bond acceptors (Lipinski definition) is 0. The van der Waals surface area contributed by atoms with Crippen LogP contribution < -0.4 is 0 Å². The molecule has 0 aliphatic heterocycles. The summed E-state index contributed by atoms with van der Waals surface area (Å²) >= 11 is 9.98. The lowest BCUT2D eigenvalue weighted by atomic mass is 10.1. The van der Waals surface area contributed by atoms with Gasteiger partial charge in [-0.2, -0.15) is 13.2 Å². The predicted octanol–water partition coefficient (Wildman–Crippen LogP) is 4.64. The van der Waals surface area contributed by atoms with E-state index in [4.69, 9.17) is 23.2 Å². The van der Waals surface area contributed by atoms with Crippen LogP contribution in [0.4, 0.5) is 17.6 Å². The second kappa shape index (κ2) is 5.40. The van der Waals surface area contributed by atoms with E-state index < -0.39 is 16.7 Å². The van der Waals surface area contributed by atoms with Crippen LogP contribution in [-0.4, -0.2) is 16.7 Å². The Kier molecular flexibility index (Phi) is 5.52. The molecule has 0 N–H and O–H groups in total. The molecule has 0 radical (unpaired) electrons. The van der Waals surface area contributed by atoms with E-state index in [2.05, 4.69) is 0 Å². The minimum Gasteiger partial charge on any atom is -0.214 e.